The lowest BCUT2D eigenvalue weighted by atomic mass is 10.1. The molecule has 0 aliphatic heterocycles. The van der Waals surface area contributed by atoms with Crippen molar-refractivity contribution < 1.29 is 59.3 Å². The fourth-order valence-electron chi connectivity index (χ4n) is 4.26. The van der Waals surface area contributed by atoms with Crippen molar-refractivity contribution in [2.45, 2.75) is 41.5 Å². The SMILES string of the molecule is Cc1cc(C(=O)O)ccc1OC(=O)c1cc(C)c(O)c(C)c1.Cc1cc(C(=O)O)ccc1OC(=O)c1cc(C)c(O)c(C)c1.OCCO. The molecule has 0 saturated carbocycles. The number of rotatable bonds is 7. The lowest BCUT2D eigenvalue weighted by Crippen LogP contribution is -2.10. The summed E-state index contributed by atoms with van der Waals surface area (Å²) in [6, 6.07) is 14.7. The number of hydrogen-bond acceptors (Lipinski definition) is 10. The van der Waals surface area contributed by atoms with Gasteiger partial charge in [-0.1, -0.05) is 0 Å². The van der Waals surface area contributed by atoms with Crippen LogP contribution in [0.2, 0.25) is 0 Å². The standard InChI is InChI=1S/2C17H16O5.C2H6O2/c2*1-9-6-12(16(19)20)4-5-14(9)22-17(21)13-7-10(2)15(18)11(3)8-13;3-1-2-4/h2*4-8,18H,1-3H3,(H,19,20);3-4H,1-2H2. The number of aromatic carboxylic acids is 2. The van der Waals surface area contributed by atoms with Crippen molar-refractivity contribution in [3.63, 3.8) is 0 Å². The highest BCUT2D eigenvalue weighted by Gasteiger charge is 2.16. The van der Waals surface area contributed by atoms with E-state index in [1.807, 2.05) is 0 Å². The number of aromatic hydroxyl groups is 2. The summed E-state index contributed by atoms with van der Waals surface area (Å²) in [5.41, 5.74) is 4.39. The van der Waals surface area contributed by atoms with E-state index in [2.05, 4.69) is 0 Å². The van der Waals surface area contributed by atoms with Gasteiger partial charge in [-0.15, -0.1) is 0 Å². The van der Waals surface area contributed by atoms with Gasteiger partial charge in [0.2, 0.25) is 0 Å². The summed E-state index contributed by atoms with van der Waals surface area (Å²) in [6.45, 7) is 9.89. The van der Waals surface area contributed by atoms with Gasteiger partial charge in [0, 0.05) is 0 Å². The third kappa shape index (κ3) is 10.4. The number of carbonyl (C=O) groups is 4. The quantitative estimate of drug-likeness (QED) is 0.108. The minimum atomic E-state index is -1.04. The third-order valence-corrected chi connectivity index (χ3v) is 6.80. The molecule has 0 aliphatic rings. The Morgan fingerprint density at radius 2 is 0.750 bits per heavy atom. The molecule has 12 nitrogen and oxygen atoms in total. The van der Waals surface area contributed by atoms with Gasteiger partial charge in [0.15, 0.2) is 0 Å². The molecule has 0 fully saturated rings. The van der Waals surface area contributed by atoms with Crippen LogP contribution in [0.3, 0.4) is 0 Å². The molecule has 0 unspecified atom stereocenters. The van der Waals surface area contributed by atoms with E-state index in [1.54, 1.807) is 65.8 Å². The number of carboxylic acids is 2. The molecule has 0 heterocycles. The van der Waals surface area contributed by atoms with Crippen molar-refractivity contribution in [2.24, 2.45) is 0 Å². The van der Waals surface area contributed by atoms with E-state index < -0.39 is 23.9 Å². The number of phenols is 2. The smallest absolute Gasteiger partial charge is 0.343 e. The Balaban J connectivity index is 0.000000300. The average Bonchev–Trinajstić information content (AvgIpc) is 3.03. The van der Waals surface area contributed by atoms with Crippen molar-refractivity contribution >= 4 is 23.9 Å². The Morgan fingerprint density at radius 1 is 0.479 bits per heavy atom. The summed E-state index contributed by atoms with van der Waals surface area (Å²) in [5.74, 6) is -2.28. The summed E-state index contributed by atoms with van der Waals surface area (Å²) < 4.78 is 10.6. The number of esters is 2. The first-order valence-corrected chi connectivity index (χ1v) is 14.4. The molecule has 0 aliphatic carbocycles. The Morgan fingerprint density at radius 3 is 0.979 bits per heavy atom. The van der Waals surface area contributed by atoms with Crippen LogP contribution in [-0.2, 0) is 0 Å². The van der Waals surface area contributed by atoms with E-state index in [0.717, 1.165) is 0 Å². The van der Waals surface area contributed by atoms with Gasteiger partial charge in [-0.25, -0.2) is 19.2 Å². The summed E-state index contributed by atoms with van der Waals surface area (Å²) in [6.07, 6.45) is 0. The van der Waals surface area contributed by atoms with Gasteiger partial charge >= 0.3 is 23.9 Å². The van der Waals surface area contributed by atoms with Crippen LogP contribution < -0.4 is 9.47 Å². The third-order valence-electron chi connectivity index (χ3n) is 6.80. The molecule has 0 amide bonds. The van der Waals surface area contributed by atoms with Crippen LogP contribution in [0.25, 0.3) is 0 Å². The molecular formula is C36H38O12. The van der Waals surface area contributed by atoms with Crippen LogP contribution in [0.4, 0.5) is 0 Å². The molecule has 4 aromatic carbocycles. The minimum Gasteiger partial charge on any atom is -0.507 e. The Bertz CT molecular complexity index is 1650. The minimum absolute atomic E-state index is 0.125. The second kappa shape index (κ2) is 17.3. The first-order valence-electron chi connectivity index (χ1n) is 14.4. The predicted octanol–water partition coefficient (Wildman–Crippen LogP) is 5.44. The number of hydrogen-bond donors (Lipinski definition) is 6. The van der Waals surface area contributed by atoms with Gasteiger partial charge in [-0.3, -0.25) is 0 Å². The van der Waals surface area contributed by atoms with Crippen molar-refractivity contribution in [2.75, 3.05) is 13.2 Å². The molecule has 254 valence electrons. The fraction of sp³-hybridized carbons (Fsp3) is 0.222. The molecule has 4 rings (SSSR count). The molecule has 0 radical (unpaired) electrons. The zero-order chi connectivity index (χ0) is 36.3. The molecule has 0 aromatic heterocycles. The van der Waals surface area contributed by atoms with Gasteiger partial charge in [-0.05, 0) is 136 Å². The number of carbonyl (C=O) groups excluding carboxylic acids is 2. The van der Waals surface area contributed by atoms with Crippen molar-refractivity contribution in [3.05, 3.63) is 116 Å². The Kier molecular flexibility index (Phi) is 13.8. The van der Waals surface area contributed by atoms with Crippen molar-refractivity contribution in [3.8, 4) is 23.0 Å². The van der Waals surface area contributed by atoms with Crippen LogP contribution in [0, 0.1) is 41.5 Å². The highest BCUT2D eigenvalue weighted by molar-refractivity contribution is 5.93. The predicted molar refractivity (Wildman–Crippen MR) is 176 cm³/mol. The monoisotopic (exact) mass is 662 g/mol. The second-order valence-electron chi connectivity index (χ2n) is 10.7. The van der Waals surface area contributed by atoms with Crippen LogP contribution in [-0.4, -0.2) is 67.7 Å². The van der Waals surface area contributed by atoms with Crippen LogP contribution in [0.1, 0.15) is 74.8 Å². The molecule has 4 aromatic rings. The molecule has 0 atom stereocenters. The van der Waals surface area contributed by atoms with E-state index in [4.69, 9.17) is 29.9 Å². The Hall–Kier alpha value is -5.72. The van der Waals surface area contributed by atoms with Gasteiger partial charge in [0.05, 0.1) is 35.5 Å². The van der Waals surface area contributed by atoms with E-state index in [1.165, 1.54) is 36.4 Å². The number of aliphatic hydroxyl groups is 2. The highest BCUT2D eigenvalue weighted by atomic mass is 16.5. The van der Waals surface area contributed by atoms with Gasteiger partial charge in [0.1, 0.15) is 23.0 Å². The maximum atomic E-state index is 12.2. The fourth-order valence-corrected chi connectivity index (χ4v) is 4.26. The van der Waals surface area contributed by atoms with E-state index in [0.29, 0.717) is 56.0 Å². The second-order valence-corrected chi connectivity index (χ2v) is 10.7. The molecular weight excluding hydrogens is 624 g/mol. The molecule has 48 heavy (non-hydrogen) atoms. The number of benzene rings is 4. The van der Waals surface area contributed by atoms with Gasteiger partial charge in [0.25, 0.3) is 0 Å². The van der Waals surface area contributed by atoms with E-state index in [-0.39, 0.29) is 35.8 Å². The maximum absolute atomic E-state index is 12.2. The molecule has 0 bridgehead atoms. The van der Waals surface area contributed by atoms with E-state index >= 15 is 0 Å². The zero-order valence-corrected chi connectivity index (χ0v) is 27.3. The first kappa shape index (κ1) is 38.5. The molecule has 6 N–H and O–H groups in total. The van der Waals surface area contributed by atoms with E-state index in [9.17, 15) is 29.4 Å². The molecule has 0 saturated heterocycles. The van der Waals surface area contributed by atoms with Gasteiger partial charge in [-0.2, -0.15) is 0 Å². The number of phenolic OH excluding ortho intramolecular Hbond substituents is 2. The number of aryl methyl sites for hydroxylation is 6. The largest absolute Gasteiger partial charge is 0.507 e. The normalized spacial score (nSPS) is 10.1. The Labute approximate surface area is 277 Å². The molecule has 0 spiro atoms. The van der Waals surface area contributed by atoms with Crippen molar-refractivity contribution in [1.82, 2.24) is 0 Å². The van der Waals surface area contributed by atoms with Gasteiger partial charge < -0.3 is 40.1 Å². The summed E-state index contributed by atoms with van der Waals surface area (Å²) in [7, 11) is 0. The first-order chi connectivity index (χ1) is 22.5. The van der Waals surface area contributed by atoms with Crippen molar-refractivity contribution in [1.29, 1.82) is 0 Å². The summed E-state index contributed by atoms with van der Waals surface area (Å²) in [4.78, 5) is 46.1. The van der Waals surface area contributed by atoms with Crippen LogP contribution >= 0.6 is 0 Å². The highest BCUT2D eigenvalue weighted by Crippen LogP contribution is 2.27. The lowest BCUT2D eigenvalue weighted by Gasteiger charge is -2.10. The topological polar surface area (TPSA) is 208 Å². The maximum Gasteiger partial charge on any atom is 0.343 e. The summed E-state index contributed by atoms with van der Waals surface area (Å²) in [5, 5.41) is 52.5. The van der Waals surface area contributed by atoms with Crippen LogP contribution in [0.5, 0.6) is 23.0 Å². The lowest BCUT2D eigenvalue weighted by molar-refractivity contribution is 0.0685. The number of ether oxygens (including phenoxy) is 2. The van der Waals surface area contributed by atoms with Crippen LogP contribution in [0.15, 0.2) is 60.7 Å². The molecule has 12 heteroatoms. The summed E-state index contributed by atoms with van der Waals surface area (Å²) >= 11 is 0. The number of aliphatic hydroxyl groups excluding tert-OH is 2. The number of carboxylic acid groups (broad SMARTS) is 2. The zero-order valence-electron chi connectivity index (χ0n) is 27.3. The average molecular weight is 663 g/mol.